The van der Waals surface area contributed by atoms with Crippen LogP contribution in [0.5, 0.6) is 0 Å². The molecule has 8 nitrogen and oxygen atoms in total. The zero-order valence-electron chi connectivity index (χ0n) is 20.4. The molecular weight excluding hydrogens is 468 g/mol. The SMILES string of the molecule is CNC(=O)CCNCCNc1ccc(Cl)c(C(=O)N(CC(=O)O)CC23CC4CC(CC(C4)C2)C3)c1. The van der Waals surface area contributed by atoms with Crippen LogP contribution in [0.2, 0.25) is 5.02 Å². The molecule has 0 heterocycles. The van der Waals surface area contributed by atoms with Crippen LogP contribution in [-0.2, 0) is 9.59 Å². The van der Waals surface area contributed by atoms with Gasteiger partial charge in [0.1, 0.15) is 6.54 Å². The summed E-state index contributed by atoms with van der Waals surface area (Å²) in [5.41, 5.74) is 1.12. The fourth-order valence-corrected chi connectivity index (χ4v) is 7.17. The molecule has 35 heavy (non-hydrogen) atoms. The number of aliphatic carboxylic acids is 1. The van der Waals surface area contributed by atoms with Crippen molar-refractivity contribution in [3.63, 3.8) is 0 Å². The third-order valence-electron chi connectivity index (χ3n) is 7.94. The van der Waals surface area contributed by atoms with Gasteiger partial charge in [0, 0.05) is 45.3 Å². The normalized spacial score (nSPS) is 26.4. The van der Waals surface area contributed by atoms with Crippen molar-refractivity contribution in [2.75, 3.05) is 45.1 Å². The Morgan fingerprint density at radius 3 is 2.31 bits per heavy atom. The number of nitrogens with one attached hydrogen (secondary N) is 3. The minimum absolute atomic E-state index is 0.00854. The Morgan fingerprint density at radius 1 is 1.06 bits per heavy atom. The molecule has 2 amide bonds. The molecule has 4 fully saturated rings. The Labute approximate surface area is 212 Å². The monoisotopic (exact) mass is 504 g/mol. The number of hydrogen-bond acceptors (Lipinski definition) is 5. The second kappa shape index (κ2) is 11.2. The van der Waals surface area contributed by atoms with E-state index in [1.165, 1.54) is 24.2 Å². The number of rotatable bonds is 12. The van der Waals surface area contributed by atoms with Gasteiger partial charge >= 0.3 is 5.97 Å². The van der Waals surface area contributed by atoms with Crippen molar-refractivity contribution in [3.8, 4) is 0 Å². The van der Waals surface area contributed by atoms with Gasteiger partial charge in [-0.1, -0.05) is 11.6 Å². The molecule has 192 valence electrons. The Kier molecular flexibility index (Phi) is 8.22. The molecule has 9 heteroatoms. The second-order valence-corrected chi connectivity index (χ2v) is 11.2. The Balaban J connectivity index is 1.40. The number of amides is 2. The summed E-state index contributed by atoms with van der Waals surface area (Å²) in [5.74, 6) is 0.847. The molecule has 0 unspecified atom stereocenters. The summed E-state index contributed by atoms with van der Waals surface area (Å²) in [4.78, 5) is 38.1. The standard InChI is InChI=1S/C26H37ClN4O4/c1-28-23(32)4-5-29-6-7-30-20-2-3-22(27)21(11-20)25(35)31(15-24(33)34)16-26-12-17-8-18(13-26)10-19(9-17)14-26/h2-3,11,17-19,29-30H,4-10,12-16H2,1H3,(H,28,32)(H,33,34). The molecule has 4 aliphatic carbocycles. The number of benzene rings is 1. The van der Waals surface area contributed by atoms with Gasteiger partial charge in [0.25, 0.3) is 5.91 Å². The van der Waals surface area contributed by atoms with E-state index in [0.717, 1.165) is 42.7 Å². The van der Waals surface area contributed by atoms with Crippen molar-refractivity contribution < 1.29 is 19.5 Å². The van der Waals surface area contributed by atoms with E-state index in [0.29, 0.717) is 43.2 Å². The van der Waals surface area contributed by atoms with Gasteiger partial charge in [-0.3, -0.25) is 14.4 Å². The molecule has 4 bridgehead atoms. The molecule has 1 aromatic carbocycles. The fraction of sp³-hybridized carbons (Fsp3) is 0.654. The first kappa shape index (κ1) is 25.8. The summed E-state index contributed by atoms with van der Waals surface area (Å²) in [6.07, 6.45) is 7.62. The summed E-state index contributed by atoms with van der Waals surface area (Å²) in [5, 5.41) is 19.0. The molecule has 0 aliphatic heterocycles. The van der Waals surface area contributed by atoms with Crippen LogP contribution in [-0.4, -0.2) is 67.6 Å². The Bertz CT molecular complexity index is 918. The van der Waals surface area contributed by atoms with Crippen LogP contribution in [0.1, 0.15) is 55.3 Å². The average Bonchev–Trinajstić information content (AvgIpc) is 2.79. The number of nitrogens with zero attached hydrogens (tertiary/aromatic N) is 1. The lowest BCUT2D eigenvalue weighted by Crippen LogP contribution is -2.53. The van der Waals surface area contributed by atoms with Crippen molar-refractivity contribution in [1.29, 1.82) is 0 Å². The first-order valence-corrected chi connectivity index (χ1v) is 13.1. The van der Waals surface area contributed by atoms with Crippen molar-refractivity contribution in [3.05, 3.63) is 28.8 Å². The summed E-state index contributed by atoms with van der Waals surface area (Å²) < 4.78 is 0. The number of carbonyl (C=O) groups is 3. The van der Waals surface area contributed by atoms with Crippen LogP contribution in [0.4, 0.5) is 5.69 Å². The highest BCUT2D eigenvalue weighted by atomic mass is 35.5. The summed E-state index contributed by atoms with van der Waals surface area (Å²) in [7, 11) is 1.62. The third kappa shape index (κ3) is 6.47. The number of carbonyl (C=O) groups excluding carboxylic acids is 2. The number of anilines is 1. The van der Waals surface area contributed by atoms with Gasteiger partial charge in [0.15, 0.2) is 0 Å². The van der Waals surface area contributed by atoms with Crippen LogP contribution < -0.4 is 16.0 Å². The molecule has 1 aromatic rings. The van der Waals surface area contributed by atoms with Crippen LogP contribution in [0.3, 0.4) is 0 Å². The maximum Gasteiger partial charge on any atom is 0.323 e. The van der Waals surface area contributed by atoms with E-state index in [9.17, 15) is 19.5 Å². The predicted octanol–water partition coefficient (Wildman–Crippen LogP) is 3.22. The summed E-state index contributed by atoms with van der Waals surface area (Å²) in [6, 6.07) is 5.20. The van der Waals surface area contributed by atoms with Crippen molar-refractivity contribution in [2.24, 2.45) is 23.2 Å². The van der Waals surface area contributed by atoms with Gasteiger partial charge in [0.05, 0.1) is 10.6 Å². The molecular formula is C26H37ClN4O4. The third-order valence-corrected chi connectivity index (χ3v) is 8.27. The molecule has 0 aromatic heterocycles. The number of carboxylic acid groups (broad SMARTS) is 1. The molecule has 0 saturated heterocycles. The Hall–Kier alpha value is -2.32. The van der Waals surface area contributed by atoms with Crippen LogP contribution in [0, 0.1) is 23.2 Å². The van der Waals surface area contributed by atoms with Gasteiger partial charge in [-0.2, -0.15) is 0 Å². The minimum Gasteiger partial charge on any atom is -0.480 e. The summed E-state index contributed by atoms with van der Waals surface area (Å²) >= 11 is 6.42. The van der Waals surface area contributed by atoms with E-state index in [2.05, 4.69) is 16.0 Å². The lowest BCUT2D eigenvalue weighted by molar-refractivity contribution is -0.138. The minimum atomic E-state index is -1.00. The first-order valence-electron chi connectivity index (χ1n) is 12.7. The van der Waals surface area contributed by atoms with E-state index in [-0.39, 0.29) is 23.8 Å². The van der Waals surface area contributed by atoms with Gasteiger partial charge in [0.2, 0.25) is 5.91 Å². The lowest BCUT2D eigenvalue weighted by Gasteiger charge is -2.57. The van der Waals surface area contributed by atoms with Gasteiger partial charge in [-0.05, 0) is 79.9 Å². The van der Waals surface area contributed by atoms with Gasteiger partial charge < -0.3 is 26.0 Å². The maximum absolute atomic E-state index is 13.6. The average molecular weight is 505 g/mol. The quantitative estimate of drug-likeness (QED) is 0.325. The fourth-order valence-electron chi connectivity index (χ4n) is 6.97. The molecule has 4 saturated carbocycles. The highest BCUT2D eigenvalue weighted by molar-refractivity contribution is 6.34. The van der Waals surface area contributed by atoms with Crippen LogP contribution in [0.15, 0.2) is 18.2 Å². The van der Waals surface area contributed by atoms with E-state index in [4.69, 9.17) is 11.6 Å². The zero-order valence-corrected chi connectivity index (χ0v) is 21.2. The van der Waals surface area contributed by atoms with Gasteiger partial charge in [-0.15, -0.1) is 0 Å². The van der Waals surface area contributed by atoms with E-state index in [1.807, 2.05) is 6.07 Å². The zero-order chi connectivity index (χ0) is 25.0. The smallest absolute Gasteiger partial charge is 0.323 e. The van der Waals surface area contributed by atoms with Crippen molar-refractivity contribution >= 4 is 35.1 Å². The highest BCUT2D eigenvalue weighted by Crippen LogP contribution is 2.60. The Morgan fingerprint density at radius 2 is 1.71 bits per heavy atom. The molecule has 4 N–H and O–H groups in total. The molecule has 5 rings (SSSR count). The van der Waals surface area contributed by atoms with Gasteiger partial charge in [-0.25, -0.2) is 0 Å². The van der Waals surface area contributed by atoms with E-state index < -0.39 is 5.97 Å². The molecule has 4 aliphatic rings. The number of halogens is 1. The number of hydrogen-bond donors (Lipinski definition) is 4. The highest BCUT2D eigenvalue weighted by Gasteiger charge is 2.51. The molecule has 0 atom stereocenters. The number of carboxylic acids is 1. The topological polar surface area (TPSA) is 111 Å². The lowest BCUT2D eigenvalue weighted by atomic mass is 9.49. The molecule has 0 spiro atoms. The van der Waals surface area contributed by atoms with Crippen molar-refractivity contribution in [1.82, 2.24) is 15.5 Å². The van der Waals surface area contributed by atoms with Crippen molar-refractivity contribution in [2.45, 2.75) is 44.9 Å². The van der Waals surface area contributed by atoms with E-state index >= 15 is 0 Å². The first-order chi connectivity index (χ1) is 16.8. The van der Waals surface area contributed by atoms with Crippen LogP contribution >= 0.6 is 11.6 Å². The van der Waals surface area contributed by atoms with Crippen LogP contribution in [0.25, 0.3) is 0 Å². The second-order valence-electron chi connectivity index (χ2n) is 10.8. The maximum atomic E-state index is 13.6. The predicted molar refractivity (Wildman–Crippen MR) is 136 cm³/mol. The largest absolute Gasteiger partial charge is 0.480 e. The molecule has 0 radical (unpaired) electrons. The summed E-state index contributed by atoms with van der Waals surface area (Å²) in [6.45, 7) is 2.02. The van der Waals surface area contributed by atoms with E-state index in [1.54, 1.807) is 19.2 Å².